The zero-order chi connectivity index (χ0) is 18.4. The molecular weight excluding hydrogens is 392 g/mol. The lowest BCUT2D eigenvalue weighted by Gasteiger charge is -2.27. The first kappa shape index (κ1) is 18.9. The Morgan fingerprint density at radius 1 is 1.12 bits per heavy atom. The first-order chi connectivity index (χ1) is 12.7. The van der Waals surface area contributed by atoms with Crippen LogP contribution in [-0.2, 0) is 13.1 Å². The molecule has 0 radical (unpaired) electrons. The fourth-order valence-corrected chi connectivity index (χ4v) is 3.75. The van der Waals surface area contributed by atoms with E-state index in [2.05, 4.69) is 44.3 Å². The number of piperidine rings is 1. The second kappa shape index (κ2) is 9.19. The van der Waals surface area contributed by atoms with E-state index in [1.165, 1.54) is 30.4 Å². The Kier molecular flexibility index (Phi) is 6.69. The number of hydrogen-bond acceptors (Lipinski definition) is 3. The molecule has 2 aromatic rings. The molecule has 0 bridgehead atoms. The molecule has 2 aromatic carbocycles. The van der Waals surface area contributed by atoms with Crippen LogP contribution in [0.4, 0.5) is 0 Å². The van der Waals surface area contributed by atoms with Crippen LogP contribution in [0.25, 0.3) is 0 Å². The smallest absolute Gasteiger partial charge is 0.252 e. The third-order valence-corrected chi connectivity index (χ3v) is 5.51. The Labute approximate surface area is 163 Å². The fourth-order valence-electron chi connectivity index (χ4n) is 3.32. The molecule has 0 atom stereocenters. The molecule has 0 unspecified atom stereocenters. The van der Waals surface area contributed by atoms with Gasteiger partial charge >= 0.3 is 0 Å². The summed E-state index contributed by atoms with van der Waals surface area (Å²) in [5, 5.41) is 3.04. The van der Waals surface area contributed by atoms with Gasteiger partial charge in [-0.1, -0.05) is 30.7 Å². The van der Waals surface area contributed by atoms with Gasteiger partial charge in [-0.2, -0.15) is 0 Å². The molecule has 0 aliphatic carbocycles. The second-order valence-electron chi connectivity index (χ2n) is 6.63. The summed E-state index contributed by atoms with van der Waals surface area (Å²) in [7, 11) is 1.60. The van der Waals surface area contributed by atoms with Gasteiger partial charge in [0.25, 0.3) is 5.91 Å². The van der Waals surface area contributed by atoms with Crippen LogP contribution in [0.1, 0.15) is 40.7 Å². The number of hydrogen-bond donors (Lipinski definition) is 1. The maximum atomic E-state index is 12.6. The lowest BCUT2D eigenvalue weighted by Crippen LogP contribution is -2.30. The predicted molar refractivity (Wildman–Crippen MR) is 107 cm³/mol. The quantitative estimate of drug-likeness (QED) is 0.759. The molecule has 1 heterocycles. The van der Waals surface area contributed by atoms with E-state index in [-0.39, 0.29) is 5.91 Å². The van der Waals surface area contributed by atoms with Crippen molar-refractivity contribution in [1.29, 1.82) is 0 Å². The molecule has 1 N–H and O–H groups in total. The zero-order valence-corrected chi connectivity index (χ0v) is 16.7. The first-order valence-corrected chi connectivity index (χ1v) is 9.87. The molecule has 26 heavy (non-hydrogen) atoms. The van der Waals surface area contributed by atoms with Gasteiger partial charge in [0.2, 0.25) is 0 Å². The number of benzene rings is 2. The van der Waals surface area contributed by atoms with Crippen molar-refractivity contribution in [3.8, 4) is 5.75 Å². The van der Waals surface area contributed by atoms with Crippen LogP contribution in [0.5, 0.6) is 5.75 Å². The highest BCUT2D eigenvalue weighted by Crippen LogP contribution is 2.23. The van der Waals surface area contributed by atoms with Crippen molar-refractivity contribution in [2.24, 2.45) is 0 Å². The van der Waals surface area contributed by atoms with Crippen LogP contribution in [0.15, 0.2) is 46.9 Å². The molecule has 1 aliphatic rings. The summed E-state index contributed by atoms with van der Waals surface area (Å²) in [4.78, 5) is 15.1. The lowest BCUT2D eigenvalue weighted by molar-refractivity contribution is 0.0949. The molecule has 138 valence electrons. The second-order valence-corrected chi connectivity index (χ2v) is 7.49. The van der Waals surface area contributed by atoms with Gasteiger partial charge in [0.15, 0.2) is 0 Å². The molecule has 0 spiro atoms. The normalized spacial score (nSPS) is 14.8. The molecule has 1 amide bonds. The van der Waals surface area contributed by atoms with E-state index in [1.807, 2.05) is 18.2 Å². The van der Waals surface area contributed by atoms with Crippen molar-refractivity contribution >= 4 is 21.8 Å². The van der Waals surface area contributed by atoms with Gasteiger partial charge in [0.05, 0.1) is 12.7 Å². The number of nitrogens with zero attached hydrogens (tertiary/aromatic N) is 1. The van der Waals surface area contributed by atoms with Crippen LogP contribution in [0, 0.1) is 0 Å². The molecular formula is C21H25BrN2O2. The predicted octanol–water partition coefficient (Wildman–Crippen LogP) is 4.37. The number of ether oxygens (including phenoxy) is 1. The number of halogens is 1. The standard InChI is InChI=1S/C21H25BrN2O2/c1-26-18-9-10-20(22)19(13-18)21(25)23-14-16-7-3-4-8-17(16)15-24-11-5-2-6-12-24/h3-4,7-10,13H,2,5-6,11-12,14-15H2,1H3,(H,23,25). The van der Waals surface area contributed by atoms with E-state index in [1.54, 1.807) is 13.2 Å². The van der Waals surface area contributed by atoms with Crippen molar-refractivity contribution in [3.63, 3.8) is 0 Å². The zero-order valence-electron chi connectivity index (χ0n) is 15.1. The molecule has 1 aliphatic heterocycles. The Bertz CT molecular complexity index is 757. The van der Waals surface area contributed by atoms with Crippen molar-refractivity contribution in [3.05, 3.63) is 63.6 Å². The van der Waals surface area contributed by atoms with E-state index < -0.39 is 0 Å². The van der Waals surface area contributed by atoms with Crippen molar-refractivity contribution in [2.75, 3.05) is 20.2 Å². The molecule has 4 nitrogen and oxygen atoms in total. The summed E-state index contributed by atoms with van der Waals surface area (Å²) in [5.41, 5.74) is 3.04. The molecule has 0 saturated carbocycles. The monoisotopic (exact) mass is 416 g/mol. The summed E-state index contributed by atoms with van der Waals surface area (Å²) < 4.78 is 5.98. The van der Waals surface area contributed by atoms with Crippen molar-refractivity contribution < 1.29 is 9.53 Å². The summed E-state index contributed by atoms with van der Waals surface area (Å²) in [6.07, 6.45) is 3.90. The molecule has 5 heteroatoms. The highest BCUT2D eigenvalue weighted by atomic mass is 79.9. The van der Waals surface area contributed by atoms with Crippen LogP contribution < -0.4 is 10.1 Å². The maximum absolute atomic E-state index is 12.6. The summed E-state index contributed by atoms with van der Waals surface area (Å²) in [6.45, 7) is 3.80. The van der Waals surface area contributed by atoms with E-state index >= 15 is 0 Å². The van der Waals surface area contributed by atoms with E-state index in [9.17, 15) is 4.79 Å². The van der Waals surface area contributed by atoms with Gasteiger partial charge in [0, 0.05) is 17.6 Å². The third kappa shape index (κ3) is 4.86. The fraction of sp³-hybridized carbons (Fsp3) is 0.381. The summed E-state index contributed by atoms with van der Waals surface area (Å²) in [6, 6.07) is 13.8. The first-order valence-electron chi connectivity index (χ1n) is 9.08. The Hall–Kier alpha value is -1.85. The van der Waals surface area contributed by atoms with Gasteiger partial charge < -0.3 is 10.1 Å². The minimum Gasteiger partial charge on any atom is -0.497 e. The molecule has 1 fully saturated rings. The van der Waals surface area contributed by atoms with Crippen LogP contribution in [-0.4, -0.2) is 31.0 Å². The molecule has 3 rings (SSSR count). The van der Waals surface area contributed by atoms with Crippen LogP contribution in [0.3, 0.4) is 0 Å². The lowest BCUT2D eigenvalue weighted by atomic mass is 10.0. The number of methoxy groups -OCH3 is 1. The van der Waals surface area contributed by atoms with Crippen LogP contribution >= 0.6 is 15.9 Å². The largest absolute Gasteiger partial charge is 0.497 e. The highest BCUT2D eigenvalue weighted by Gasteiger charge is 2.14. The van der Waals surface area contributed by atoms with E-state index in [4.69, 9.17) is 4.74 Å². The van der Waals surface area contributed by atoms with Gasteiger partial charge in [-0.15, -0.1) is 0 Å². The number of carbonyl (C=O) groups excluding carboxylic acids is 1. The van der Waals surface area contributed by atoms with Gasteiger partial charge in [-0.3, -0.25) is 9.69 Å². The number of amides is 1. The molecule has 1 saturated heterocycles. The van der Waals surface area contributed by atoms with Crippen LogP contribution in [0.2, 0.25) is 0 Å². The van der Waals surface area contributed by atoms with Crippen molar-refractivity contribution in [1.82, 2.24) is 10.2 Å². The topological polar surface area (TPSA) is 41.6 Å². The minimum atomic E-state index is -0.108. The summed E-state index contributed by atoms with van der Waals surface area (Å²) in [5.74, 6) is 0.562. The number of rotatable bonds is 6. The maximum Gasteiger partial charge on any atom is 0.252 e. The van der Waals surface area contributed by atoms with Gasteiger partial charge in [0.1, 0.15) is 5.75 Å². The van der Waals surface area contributed by atoms with Crippen molar-refractivity contribution in [2.45, 2.75) is 32.4 Å². The average molecular weight is 417 g/mol. The average Bonchev–Trinajstić information content (AvgIpc) is 2.68. The van der Waals surface area contributed by atoms with Gasteiger partial charge in [-0.25, -0.2) is 0 Å². The van der Waals surface area contributed by atoms with Gasteiger partial charge in [-0.05, 0) is 71.2 Å². The Balaban J connectivity index is 1.67. The SMILES string of the molecule is COc1ccc(Br)c(C(=O)NCc2ccccc2CN2CCCCC2)c1. The Morgan fingerprint density at radius 3 is 2.58 bits per heavy atom. The Morgan fingerprint density at radius 2 is 1.85 bits per heavy atom. The number of carbonyl (C=O) groups is 1. The number of likely N-dealkylation sites (tertiary alicyclic amines) is 1. The third-order valence-electron chi connectivity index (χ3n) is 4.82. The molecule has 0 aromatic heterocycles. The summed E-state index contributed by atoms with van der Waals surface area (Å²) >= 11 is 3.44. The highest BCUT2D eigenvalue weighted by molar-refractivity contribution is 9.10. The number of nitrogens with one attached hydrogen (secondary N) is 1. The minimum absolute atomic E-state index is 0.108. The van der Waals surface area contributed by atoms with E-state index in [0.717, 1.165) is 24.1 Å². The van der Waals surface area contributed by atoms with E-state index in [0.29, 0.717) is 17.9 Å².